The molecule has 4 N–H and O–H groups in total. The van der Waals surface area contributed by atoms with Gasteiger partial charge in [0.25, 0.3) is 0 Å². The van der Waals surface area contributed by atoms with Crippen LogP contribution in [0.4, 0.5) is 0 Å². The maximum atomic E-state index is 10.7. The Kier molecular flexibility index (Phi) is 3.57. The van der Waals surface area contributed by atoms with Crippen LogP contribution in [-0.2, 0) is 9.53 Å². The summed E-state index contributed by atoms with van der Waals surface area (Å²) in [5.74, 6) is -0.232. The van der Waals surface area contributed by atoms with Crippen LogP contribution >= 0.6 is 0 Å². The van der Waals surface area contributed by atoms with E-state index < -0.39 is 30.7 Å². The SMILES string of the molecule is CC(=O)C[C@H]1O[C@H](O)[C@H](O)[C@@H](O)[C@H]1O. The number of aliphatic hydroxyl groups excluding tert-OH is 4. The van der Waals surface area contributed by atoms with Gasteiger partial charge in [0.15, 0.2) is 6.29 Å². The van der Waals surface area contributed by atoms with E-state index in [-0.39, 0.29) is 12.2 Å². The molecule has 1 heterocycles. The van der Waals surface area contributed by atoms with Crippen molar-refractivity contribution in [3.8, 4) is 0 Å². The van der Waals surface area contributed by atoms with Gasteiger partial charge in [0.05, 0.1) is 6.10 Å². The fraction of sp³-hybridized carbons (Fsp3) is 0.875. The zero-order chi connectivity index (χ0) is 10.9. The summed E-state index contributed by atoms with van der Waals surface area (Å²) in [6.45, 7) is 1.31. The summed E-state index contributed by atoms with van der Waals surface area (Å²) in [5, 5.41) is 36.8. The highest BCUT2D eigenvalue weighted by molar-refractivity contribution is 5.76. The number of carbonyl (C=O) groups excluding carboxylic acids is 1. The van der Waals surface area contributed by atoms with Gasteiger partial charge < -0.3 is 25.2 Å². The number of rotatable bonds is 2. The van der Waals surface area contributed by atoms with Gasteiger partial charge in [-0.15, -0.1) is 0 Å². The Bertz CT molecular complexity index is 218. The second-order valence-electron chi connectivity index (χ2n) is 3.44. The summed E-state index contributed by atoms with van der Waals surface area (Å²) in [6.07, 6.45) is -7.06. The maximum absolute atomic E-state index is 10.7. The highest BCUT2D eigenvalue weighted by Crippen LogP contribution is 2.21. The van der Waals surface area contributed by atoms with Gasteiger partial charge in [-0.25, -0.2) is 0 Å². The first-order valence-corrected chi connectivity index (χ1v) is 4.30. The number of ketones is 1. The van der Waals surface area contributed by atoms with E-state index in [9.17, 15) is 15.0 Å². The molecule has 0 spiro atoms. The van der Waals surface area contributed by atoms with E-state index in [4.69, 9.17) is 14.9 Å². The Hall–Kier alpha value is -0.530. The molecule has 0 amide bonds. The third-order valence-corrected chi connectivity index (χ3v) is 2.18. The molecule has 6 heteroatoms. The molecule has 0 aliphatic carbocycles. The summed E-state index contributed by atoms with van der Waals surface area (Å²) in [6, 6.07) is 0. The van der Waals surface area contributed by atoms with E-state index in [0.29, 0.717) is 0 Å². The molecule has 6 nitrogen and oxygen atoms in total. The van der Waals surface area contributed by atoms with E-state index in [0.717, 1.165) is 0 Å². The molecular weight excluding hydrogens is 192 g/mol. The van der Waals surface area contributed by atoms with Crippen molar-refractivity contribution in [1.82, 2.24) is 0 Å². The minimum atomic E-state index is -1.57. The molecule has 1 aliphatic heterocycles. The van der Waals surface area contributed by atoms with Gasteiger partial charge in [0.1, 0.15) is 24.1 Å². The zero-order valence-corrected chi connectivity index (χ0v) is 7.70. The molecule has 0 aromatic heterocycles. The van der Waals surface area contributed by atoms with Crippen LogP contribution in [-0.4, -0.2) is 56.9 Å². The third-order valence-electron chi connectivity index (χ3n) is 2.18. The van der Waals surface area contributed by atoms with Crippen LogP contribution in [0.2, 0.25) is 0 Å². The lowest BCUT2D eigenvalue weighted by Gasteiger charge is -2.37. The first-order chi connectivity index (χ1) is 6.43. The molecule has 0 bridgehead atoms. The van der Waals surface area contributed by atoms with Crippen molar-refractivity contribution in [2.24, 2.45) is 0 Å². The third kappa shape index (κ3) is 2.28. The van der Waals surface area contributed by atoms with Crippen LogP contribution in [0.15, 0.2) is 0 Å². The molecule has 0 aromatic rings. The van der Waals surface area contributed by atoms with E-state index in [2.05, 4.69) is 0 Å². The minimum Gasteiger partial charge on any atom is -0.388 e. The van der Waals surface area contributed by atoms with Crippen LogP contribution in [0.25, 0.3) is 0 Å². The van der Waals surface area contributed by atoms with Crippen molar-refractivity contribution in [3.63, 3.8) is 0 Å². The second kappa shape index (κ2) is 4.33. The van der Waals surface area contributed by atoms with Gasteiger partial charge in [-0.05, 0) is 6.92 Å². The Morgan fingerprint density at radius 1 is 1.14 bits per heavy atom. The van der Waals surface area contributed by atoms with Crippen LogP contribution in [0, 0.1) is 0 Å². The van der Waals surface area contributed by atoms with Crippen molar-refractivity contribution < 1.29 is 30.0 Å². The van der Waals surface area contributed by atoms with Crippen molar-refractivity contribution in [1.29, 1.82) is 0 Å². The smallest absolute Gasteiger partial charge is 0.183 e. The second-order valence-corrected chi connectivity index (χ2v) is 3.44. The Morgan fingerprint density at radius 2 is 1.71 bits per heavy atom. The average Bonchev–Trinajstić information content (AvgIpc) is 2.10. The molecule has 14 heavy (non-hydrogen) atoms. The van der Waals surface area contributed by atoms with Crippen molar-refractivity contribution in [3.05, 3.63) is 0 Å². The van der Waals surface area contributed by atoms with Gasteiger partial charge in [-0.3, -0.25) is 4.79 Å². The maximum Gasteiger partial charge on any atom is 0.183 e. The van der Waals surface area contributed by atoms with E-state index in [1.54, 1.807) is 0 Å². The molecular formula is C8H14O6. The molecule has 0 radical (unpaired) electrons. The van der Waals surface area contributed by atoms with Crippen LogP contribution in [0.5, 0.6) is 0 Å². The van der Waals surface area contributed by atoms with Gasteiger partial charge in [-0.1, -0.05) is 0 Å². The Labute approximate surface area is 80.7 Å². The van der Waals surface area contributed by atoms with Crippen LogP contribution in [0.1, 0.15) is 13.3 Å². The molecule has 82 valence electrons. The normalized spacial score (nSPS) is 43.6. The van der Waals surface area contributed by atoms with Crippen molar-refractivity contribution in [2.45, 2.75) is 44.1 Å². The molecule has 1 aliphatic rings. The minimum absolute atomic E-state index is 0.109. The highest BCUT2D eigenvalue weighted by Gasteiger charge is 2.43. The average molecular weight is 206 g/mol. The van der Waals surface area contributed by atoms with Gasteiger partial charge >= 0.3 is 0 Å². The van der Waals surface area contributed by atoms with Crippen molar-refractivity contribution >= 4 is 5.78 Å². The number of aliphatic hydroxyl groups is 4. The van der Waals surface area contributed by atoms with Crippen LogP contribution in [0.3, 0.4) is 0 Å². The summed E-state index contributed by atoms with van der Waals surface area (Å²) in [5.41, 5.74) is 0. The molecule has 0 saturated carbocycles. The molecule has 1 saturated heterocycles. The first-order valence-electron chi connectivity index (χ1n) is 4.30. The fourth-order valence-electron chi connectivity index (χ4n) is 1.38. The molecule has 1 rings (SSSR count). The van der Waals surface area contributed by atoms with E-state index in [1.165, 1.54) is 6.92 Å². The monoisotopic (exact) mass is 206 g/mol. The zero-order valence-electron chi connectivity index (χ0n) is 7.70. The van der Waals surface area contributed by atoms with E-state index in [1.807, 2.05) is 0 Å². The summed E-state index contributed by atoms with van der Waals surface area (Å²) in [7, 11) is 0. The number of hydrogen-bond donors (Lipinski definition) is 4. The molecule has 0 aromatic carbocycles. The molecule has 0 unspecified atom stereocenters. The predicted molar refractivity (Wildman–Crippen MR) is 44.2 cm³/mol. The lowest BCUT2D eigenvalue weighted by Crippen LogP contribution is -2.57. The molecule has 1 fully saturated rings. The number of carbonyl (C=O) groups is 1. The summed E-state index contributed by atoms with van der Waals surface area (Å²) >= 11 is 0. The van der Waals surface area contributed by atoms with Gasteiger partial charge in [0, 0.05) is 6.42 Å². The quantitative estimate of drug-likeness (QED) is 0.407. The largest absolute Gasteiger partial charge is 0.388 e. The Morgan fingerprint density at radius 3 is 2.21 bits per heavy atom. The van der Waals surface area contributed by atoms with E-state index >= 15 is 0 Å². The lowest BCUT2D eigenvalue weighted by atomic mass is 9.96. The first kappa shape index (κ1) is 11.5. The number of hydrogen-bond acceptors (Lipinski definition) is 6. The fourth-order valence-corrected chi connectivity index (χ4v) is 1.38. The summed E-state index contributed by atoms with van der Waals surface area (Å²) in [4.78, 5) is 10.7. The Balaban J connectivity index is 2.65. The topological polar surface area (TPSA) is 107 Å². The highest BCUT2D eigenvalue weighted by atomic mass is 16.6. The standard InChI is InChI=1S/C8H14O6/c1-3(9)2-4-5(10)6(11)7(12)8(13)14-4/h4-8,10-13H,2H2,1H3/t4-,5+,6+,7-,8+/m1/s1. The van der Waals surface area contributed by atoms with Gasteiger partial charge in [-0.2, -0.15) is 0 Å². The molecule has 5 atom stereocenters. The van der Waals surface area contributed by atoms with Crippen molar-refractivity contribution in [2.75, 3.05) is 0 Å². The number of ether oxygens (including phenoxy) is 1. The predicted octanol–water partition coefficient (Wildman–Crippen LogP) is -2.23. The summed E-state index contributed by atoms with van der Waals surface area (Å²) < 4.78 is 4.77. The van der Waals surface area contributed by atoms with Crippen LogP contribution < -0.4 is 0 Å². The number of Topliss-reactive ketones (excluding diaryl/α,β-unsaturated/α-hetero) is 1. The lowest BCUT2D eigenvalue weighted by molar-refractivity contribution is -0.281. The van der Waals surface area contributed by atoms with Gasteiger partial charge in [0.2, 0.25) is 0 Å².